The first kappa shape index (κ1) is 17.1. The molecule has 1 amide bonds. The van der Waals surface area contributed by atoms with Crippen LogP contribution in [-0.4, -0.2) is 44.1 Å². The van der Waals surface area contributed by atoms with Gasteiger partial charge in [-0.25, -0.2) is 0 Å². The lowest BCUT2D eigenvalue weighted by Crippen LogP contribution is -2.49. The van der Waals surface area contributed by atoms with Crippen LogP contribution in [0.25, 0.3) is 6.08 Å². The maximum atomic E-state index is 12.7. The number of benzene rings is 2. The van der Waals surface area contributed by atoms with E-state index >= 15 is 0 Å². The standard InChI is InChI=1S/C21H24N2O2/c1-17(16-18-8-4-3-5-9-18)21(24)23-14-12-22(13-15-23)19-10-6-7-11-20(19)25-2/h3-11,16H,12-15H2,1-2H3/b17-16+. The Morgan fingerprint density at radius 1 is 0.960 bits per heavy atom. The number of ether oxygens (including phenoxy) is 1. The van der Waals surface area contributed by atoms with Crippen LogP contribution in [0.5, 0.6) is 5.75 Å². The van der Waals surface area contributed by atoms with Crippen molar-refractivity contribution >= 4 is 17.7 Å². The van der Waals surface area contributed by atoms with Gasteiger partial charge in [-0.3, -0.25) is 4.79 Å². The smallest absolute Gasteiger partial charge is 0.249 e. The zero-order valence-electron chi connectivity index (χ0n) is 14.8. The highest BCUT2D eigenvalue weighted by molar-refractivity contribution is 5.97. The maximum Gasteiger partial charge on any atom is 0.249 e. The van der Waals surface area contributed by atoms with E-state index in [0.29, 0.717) is 0 Å². The lowest BCUT2D eigenvalue weighted by atomic mass is 10.1. The van der Waals surface area contributed by atoms with Gasteiger partial charge in [0, 0.05) is 31.8 Å². The predicted molar refractivity (Wildman–Crippen MR) is 102 cm³/mol. The summed E-state index contributed by atoms with van der Waals surface area (Å²) in [7, 11) is 1.69. The average Bonchev–Trinajstić information content (AvgIpc) is 2.68. The number of amides is 1. The molecule has 0 aliphatic carbocycles. The summed E-state index contributed by atoms with van der Waals surface area (Å²) in [4.78, 5) is 16.9. The third-order valence-electron chi connectivity index (χ3n) is 4.51. The highest BCUT2D eigenvalue weighted by Gasteiger charge is 2.23. The highest BCUT2D eigenvalue weighted by atomic mass is 16.5. The van der Waals surface area contributed by atoms with Gasteiger partial charge in [0.05, 0.1) is 12.8 Å². The topological polar surface area (TPSA) is 32.8 Å². The summed E-state index contributed by atoms with van der Waals surface area (Å²) in [6, 6.07) is 18.0. The molecule has 0 radical (unpaired) electrons. The molecule has 25 heavy (non-hydrogen) atoms. The fraction of sp³-hybridized carbons (Fsp3) is 0.286. The fourth-order valence-corrected chi connectivity index (χ4v) is 3.15. The molecule has 0 aromatic heterocycles. The van der Waals surface area contributed by atoms with Gasteiger partial charge in [-0.05, 0) is 30.7 Å². The normalized spacial score (nSPS) is 15.2. The van der Waals surface area contributed by atoms with Crippen LogP contribution in [0.4, 0.5) is 5.69 Å². The van der Waals surface area contributed by atoms with Gasteiger partial charge in [-0.1, -0.05) is 42.5 Å². The Morgan fingerprint density at radius 3 is 2.28 bits per heavy atom. The first-order chi connectivity index (χ1) is 12.2. The molecule has 2 aromatic carbocycles. The zero-order valence-corrected chi connectivity index (χ0v) is 14.8. The second-order valence-corrected chi connectivity index (χ2v) is 6.19. The molecule has 1 aliphatic rings. The largest absolute Gasteiger partial charge is 0.495 e. The number of carbonyl (C=O) groups excluding carboxylic acids is 1. The molecule has 0 bridgehead atoms. The summed E-state index contributed by atoms with van der Waals surface area (Å²) < 4.78 is 5.45. The summed E-state index contributed by atoms with van der Waals surface area (Å²) in [6.07, 6.45) is 1.95. The van der Waals surface area contributed by atoms with E-state index in [1.807, 2.05) is 66.4 Å². The molecular formula is C21H24N2O2. The molecule has 1 heterocycles. The molecule has 4 nitrogen and oxygen atoms in total. The molecule has 3 rings (SSSR count). The minimum Gasteiger partial charge on any atom is -0.495 e. The number of hydrogen-bond acceptors (Lipinski definition) is 3. The quantitative estimate of drug-likeness (QED) is 0.802. The molecule has 0 saturated carbocycles. The molecule has 0 N–H and O–H groups in total. The van der Waals surface area contributed by atoms with Crippen LogP contribution in [-0.2, 0) is 4.79 Å². The zero-order chi connectivity index (χ0) is 17.6. The number of anilines is 1. The van der Waals surface area contributed by atoms with Gasteiger partial charge in [0.15, 0.2) is 0 Å². The molecule has 1 saturated heterocycles. The molecule has 0 atom stereocenters. The van der Waals surface area contributed by atoms with E-state index in [2.05, 4.69) is 11.0 Å². The van der Waals surface area contributed by atoms with Crippen LogP contribution in [0.15, 0.2) is 60.2 Å². The third kappa shape index (κ3) is 4.02. The summed E-state index contributed by atoms with van der Waals surface area (Å²) >= 11 is 0. The van der Waals surface area contributed by atoms with Crippen LogP contribution in [0.2, 0.25) is 0 Å². The molecule has 0 spiro atoms. The molecule has 130 valence electrons. The Labute approximate surface area is 149 Å². The summed E-state index contributed by atoms with van der Waals surface area (Å²) in [6.45, 7) is 4.95. The van der Waals surface area contributed by atoms with E-state index in [-0.39, 0.29) is 5.91 Å². The van der Waals surface area contributed by atoms with Gasteiger partial charge < -0.3 is 14.5 Å². The number of hydrogen-bond donors (Lipinski definition) is 0. The first-order valence-electron chi connectivity index (χ1n) is 8.59. The summed E-state index contributed by atoms with van der Waals surface area (Å²) in [5, 5.41) is 0. The minimum absolute atomic E-state index is 0.114. The van der Waals surface area contributed by atoms with Gasteiger partial charge in [0.25, 0.3) is 0 Å². The number of nitrogens with zero attached hydrogens (tertiary/aromatic N) is 2. The highest BCUT2D eigenvalue weighted by Crippen LogP contribution is 2.28. The molecule has 4 heteroatoms. The fourth-order valence-electron chi connectivity index (χ4n) is 3.15. The van der Waals surface area contributed by atoms with Crippen molar-refractivity contribution in [2.75, 3.05) is 38.2 Å². The van der Waals surface area contributed by atoms with E-state index in [4.69, 9.17) is 4.74 Å². The van der Waals surface area contributed by atoms with Gasteiger partial charge >= 0.3 is 0 Å². The second-order valence-electron chi connectivity index (χ2n) is 6.19. The van der Waals surface area contributed by atoms with Crippen LogP contribution < -0.4 is 9.64 Å². The van der Waals surface area contributed by atoms with Crippen molar-refractivity contribution in [1.29, 1.82) is 0 Å². The van der Waals surface area contributed by atoms with Crippen LogP contribution in [0.1, 0.15) is 12.5 Å². The molecule has 0 unspecified atom stereocenters. The summed E-state index contributed by atoms with van der Waals surface area (Å²) in [5.74, 6) is 0.992. The summed E-state index contributed by atoms with van der Waals surface area (Å²) in [5.41, 5.74) is 2.92. The Balaban J connectivity index is 1.64. The third-order valence-corrected chi connectivity index (χ3v) is 4.51. The van der Waals surface area contributed by atoms with Crippen molar-refractivity contribution in [1.82, 2.24) is 4.90 Å². The lowest BCUT2D eigenvalue weighted by Gasteiger charge is -2.36. The molecule has 1 aliphatic heterocycles. The van der Waals surface area contributed by atoms with E-state index in [1.54, 1.807) is 7.11 Å². The van der Waals surface area contributed by atoms with Crippen LogP contribution >= 0.6 is 0 Å². The van der Waals surface area contributed by atoms with Crippen molar-refractivity contribution < 1.29 is 9.53 Å². The Kier molecular flexibility index (Phi) is 5.39. The van der Waals surface area contributed by atoms with E-state index < -0.39 is 0 Å². The van der Waals surface area contributed by atoms with Crippen molar-refractivity contribution in [3.8, 4) is 5.75 Å². The lowest BCUT2D eigenvalue weighted by molar-refractivity contribution is -0.127. The van der Waals surface area contributed by atoms with Crippen molar-refractivity contribution in [3.63, 3.8) is 0 Å². The maximum absolute atomic E-state index is 12.7. The SMILES string of the molecule is COc1ccccc1N1CCN(C(=O)/C(C)=C/c2ccccc2)CC1. The second kappa shape index (κ2) is 7.88. The van der Waals surface area contributed by atoms with Crippen molar-refractivity contribution in [2.24, 2.45) is 0 Å². The van der Waals surface area contributed by atoms with Crippen LogP contribution in [0.3, 0.4) is 0 Å². The van der Waals surface area contributed by atoms with Crippen molar-refractivity contribution in [2.45, 2.75) is 6.92 Å². The Hall–Kier alpha value is -2.75. The van der Waals surface area contributed by atoms with Crippen molar-refractivity contribution in [3.05, 3.63) is 65.7 Å². The first-order valence-corrected chi connectivity index (χ1v) is 8.59. The Morgan fingerprint density at radius 2 is 1.60 bits per heavy atom. The van der Waals surface area contributed by atoms with Gasteiger partial charge in [-0.15, -0.1) is 0 Å². The Bertz CT molecular complexity index is 748. The van der Waals surface area contributed by atoms with Gasteiger partial charge in [0.1, 0.15) is 5.75 Å². The number of piperazine rings is 1. The van der Waals surface area contributed by atoms with E-state index in [9.17, 15) is 4.79 Å². The molecular weight excluding hydrogens is 312 g/mol. The number of carbonyl (C=O) groups is 1. The molecule has 2 aromatic rings. The number of para-hydroxylation sites is 2. The monoisotopic (exact) mass is 336 g/mol. The van der Waals surface area contributed by atoms with E-state index in [1.165, 1.54) is 0 Å². The van der Waals surface area contributed by atoms with Gasteiger partial charge in [-0.2, -0.15) is 0 Å². The molecule has 1 fully saturated rings. The minimum atomic E-state index is 0.114. The van der Waals surface area contributed by atoms with E-state index in [0.717, 1.165) is 48.8 Å². The average molecular weight is 336 g/mol. The number of rotatable bonds is 4. The number of methoxy groups -OCH3 is 1. The van der Waals surface area contributed by atoms with Crippen LogP contribution in [0, 0.1) is 0 Å². The van der Waals surface area contributed by atoms with Gasteiger partial charge in [0.2, 0.25) is 5.91 Å². The predicted octanol–water partition coefficient (Wildman–Crippen LogP) is 3.45.